The molecule has 2 aromatic rings. The van der Waals surface area contributed by atoms with Gasteiger partial charge in [0, 0.05) is 17.3 Å². The maximum Gasteiger partial charge on any atom is 0.119 e. The van der Waals surface area contributed by atoms with Gasteiger partial charge in [0.1, 0.15) is 5.75 Å². The number of hydrogen-bond donors (Lipinski definition) is 1. The molecule has 0 spiro atoms. The SMILES string of the molecule is CCCNC(CCOc1cccc(C)c1)c1sccc1C. The average molecular weight is 303 g/mol. The highest BCUT2D eigenvalue weighted by atomic mass is 32.1. The first-order valence-electron chi connectivity index (χ1n) is 7.67. The summed E-state index contributed by atoms with van der Waals surface area (Å²) in [4.78, 5) is 1.44. The van der Waals surface area contributed by atoms with Gasteiger partial charge in [0.2, 0.25) is 0 Å². The van der Waals surface area contributed by atoms with Gasteiger partial charge in [-0.2, -0.15) is 0 Å². The zero-order valence-electron chi connectivity index (χ0n) is 13.2. The summed E-state index contributed by atoms with van der Waals surface area (Å²) in [6.07, 6.45) is 2.15. The third kappa shape index (κ3) is 4.87. The van der Waals surface area contributed by atoms with E-state index in [1.54, 1.807) is 0 Å². The van der Waals surface area contributed by atoms with Gasteiger partial charge >= 0.3 is 0 Å². The van der Waals surface area contributed by atoms with Gasteiger partial charge in [-0.05, 0) is 61.5 Å². The third-order valence-electron chi connectivity index (χ3n) is 3.52. The maximum atomic E-state index is 5.90. The Bertz CT molecular complexity index is 550. The maximum absolute atomic E-state index is 5.90. The molecule has 1 heterocycles. The molecule has 21 heavy (non-hydrogen) atoms. The first-order valence-corrected chi connectivity index (χ1v) is 8.55. The highest BCUT2D eigenvalue weighted by Gasteiger charge is 2.14. The number of ether oxygens (including phenoxy) is 1. The molecule has 0 saturated heterocycles. The number of benzene rings is 1. The average Bonchev–Trinajstić information content (AvgIpc) is 2.89. The molecule has 0 aliphatic rings. The van der Waals surface area contributed by atoms with Crippen molar-refractivity contribution < 1.29 is 4.74 Å². The van der Waals surface area contributed by atoms with Crippen LogP contribution in [0, 0.1) is 13.8 Å². The second-order valence-corrected chi connectivity index (χ2v) is 6.38. The molecule has 0 aliphatic heterocycles. The molecule has 0 aliphatic carbocycles. The van der Waals surface area contributed by atoms with Gasteiger partial charge in [-0.15, -0.1) is 11.3 Å². The Morgan fingerprint density at radius 1 is 1.24 bits per heavy atom. The molecule has 0 saturated carbocycles. The molecule has 1 unspecified atom stereocenters. The second-order valence-electron chi connectivity index (χ2n) is 5.43. The molecule has 0 amide bonds. The van der Waals surface area contributed by atoms with E-state index in [9.17, 15) is 0 Å². The lowest BCUT2D eigenvalue weighted by Gasteiger charge is -2.18. The van der Waals surface area contributed by atoms with Crippen molar-refractivity contribution in [2.45, 2.75) is 39.7 Å². The monoisotopic (exact) mass is 303 g/mol. The van der Waals surface area contributed by atoms with E-state index in [-0.39, 0.29) is 0 Å². The lowest BCUT2D eigenvalue weighted by atomic mass is 10.1. The van der Waals surface area contributed by atoms with Gasteiger partial charge < -0.3 is 10.1 Å². The van der Waals surface area contributed by atoms with Gasteiger partial charge in [0.15, 0.2) is 0 Å². The van der Waals surface area contributed by atoms with E-state index < -0.39 is 0 Å². The van der Waals surface area contributed by atoms with E-state index in [1.807, 2.05) is 23.5 Å². The summed E-state index contributed by atoms with van der Waals surface area (Å²) in [7, 11) is 0. The van der Waals surface area contributed by atoms with Crippen LogP contribution in [0.1, 0.15) is 41.8 Å². The van der Waals surface area contributed by atoms with Gasteiger partial charge in [-0.3, -0.25) is 0 Å². The molecule has 1 aromatic carbocycles. The quantitative estimate of drug-likeness (QED) is 0.751. The molecule has 114 valence electrons. The fraction of sp³-hybridized carbons (Fsp3) is 0.444. The van der Waals surface area contributed by atoms with Crippen LogP contribution in [-0.2, 0) is 0 Å². The Hall–Kier alpha value is -1.32. The Morgan fingerprint density at radius 3 is 2.76 bits per heavy atom. The zero-order valence-corrected chi connectivity index (χ0v) is 14.0. The molecule has 1 aromatic heterocycles. The summed E-state index contributed by atoms with van der Waals surface area (Å²) in [5.74, 6) is 0.965. The van der Waals surface area contributed by atoms with Crippen molar-refractivity contribution in [1.29, 1.82) is 0 Å². The van der Waals surface area contributed by atoms with E-state index in [2.05, 4.69) is 49.7 Å². The van der Waals surface area contributed by atoms with Crippen molar-refractivity contribution in [3.8, 4) is 5.75 Å². The third-order valence-corrected chi connectivity index (χ3v) is 4.66. The standard InChI is InChI=1S/C18H25NOS/c1-4-10-19-17(18-15(3)9-12-21-18)8-11-20-16-7-5-6-14(2)13-16/h5-7,9,12-13,17,19H,4,8,10-11H2,1-3H3. The molecule has 1 N–H and O–H groups in total. The predicted octanol–water partition coefficient (Wildman–Crippen LogP) is 4.87. The van der Waals surface area contributed by atoms with E-state index in [0.717, 1.165) is 31.7 Å². The number of hydrogen-bond acceptors (Lipinski definition) is 3. The van der Waals surface area contributed by atoms with Crippen LogP contribution in [-0.4, -0.2) is 13.2 Å². The molecule has 0 fully saturated rings. The van der Waals surface area contributed by atoms with Crippen LogP contribution in [0.4, 0.5) is 0 Å². The first-order chi connectivity index (χ1) is 10.2. The second kappa shape index (κ2) is 8.20. The topological polar surface area (TPSA) is 21.3 Å². The van der Waals surface area contributed by atoms with Crippen molar-refractivity contribution >= 4 is 11.3 Å². The summed E-state index contributed by atoms with van der Waals surface area (Å²) in [5, 5.41) is 5.81. The fourth-order valence-electron chi connectivity index (χ4n) is 2.39. The Kier molecular flexibility index (Phi) is 6.27. The largest absolute Gasteiger partial charge is 0.494 e. The van der Waals surface area contributed by atoms with Crippen LogP contribution in [0.5, 0.6) is 5.75 Å². The summed E-state index contributed by atoms with van der Waals surface area (Å²) in [5.41, 5.74) is 2.62. The normalized spacial score (nSPS) is 12.3. The Morgan fingerprint density at radius 2 is 2.10 bits per heavy atom. The van der Waals surface area contributed by atoms with Crippen molar-refractivity contribution in [1.82, 2.24) is 5.32 Å². The first kappa shape index (κ1) is 16.1. The minimum absolute atomic E-state index is 0.398. The van der Waals surface area contributed by atoms with Crippen molar-refractivity contribution in [3.05, 3.63) is 51.7 Å². The molecule has 3 heteroatoms. The lowest BCUT2D eigenvalue weighted by molar-refractivity contribution is 0.287. The van der Waals surface area contributed by atoms with Crippen molar-refractivity contribution in [2.75, 3.05) is 13.2 Å². The fourth-order valence-corrected chi connectivity index (χ4v) is 3.42. The minimum atomic E-state index is 0.398. The number of rotatable bonds is 8. The van der Waals surface area contributed by atoms with E-state index in [1.165, 1.54) is 16.0 Å². The van der Waals surface area contributed by atoms with Crippen molar-refractivity contribution in [3.63, 3.8) is 0 Å². The molecule has 0 radical (unpaired) electrons. The van der Waals surface area contributed by atoms with Crippen LogP contribution in [0.25, 0.3) is 0 Å². The highest BCUT2D eigenvalue weighted by Crippen LogP contribution is 2.26. The molecule has 2 nitrogen and oxygen atoms in total. The van der Waals surface area contributed by atoms with E-state index in [0.29, 0.717) is 6.04 Å². The summed E-state index contributed by atoms with van der Waals surface area (Å²) in [6, 6.07) is 10.8. The zero-order chi connectivity index (χ0) is 15.1. The number of nitrogens with one attached hydrogen (secondary N) is 1. The predicted molar refractivity (Wildman–Crippen MR) is 91.4 cm³/mol. The van der Waals surface area contributed by atoms with Crippen LogP contribution < -0.4 is 10.1 Å². The van der Waals surface area contributed by atoms with Crippen LogP contribution in [0.2, 0.25) is 0 Å². The van der Waals surface area contributed by atoms with Crippen LogP contribution >= 0.6 is 11.3 Å². The number of thiophene rings is 1. The molecule has 2 rings (SSSR count). The molecular formula is C18H25NOS. The minimum Gasteiger partial charge on any atom is -0.494 e. The van der Waals surface area contributed by atoms with Gasteiger partial charge in [-0.1, -0.05) is 19.1 Å². The summed E-state index contributed by atoms with van der Waals surface area (Å²) in [6.45, 7) is 8.27. The molecule has 1 atom stereocenters. The van der Waals surface area contributed by atoms with Gasteiger partial charge in [-0.25, -0.2) is 0 Å². The lowest BCUT2D eigenvalue weighted by Crippen LogP contribution is -2.23. The molecular weight excluding hydrogens is 278 g/mol. The van der Waals surface area contributed by atoms with E-state index >= 15 is 0 Å². The van der Waals surface area contributed by atoms with Crippen molar-refractivity contribution in [2.24, 2.45) is 0 Å². The summed E-state index contributed by atoms with van der Waals surface area (Å²) < 4.78 is 5.90. The number of aryl methyl sites for hydroxylation is 2. The van der Waals surface area contributed by atoms with Crippen LogP contribution in [0.15, 0.2) is 35.7 Å². The highest BCUT2D eigenvalue weighted by molar-refractivity contribution is 7.10. The van der Waals surface area contributed by atoms with E-state index in [4.69, 9.17) is 4.74 Å². The van der Waals surface area contributed by atoms with Gasteiger partial charge in [0.25, 0.3) is 0 Å². The Labute approximate surface area is 132 Å². The van der Waals surface area contributed by atoms with Gasteiger partial charge in [0.05, 0.1) is 6.61 Å². The smallest absolute Gasteiger partial charge is 0.119 e. The van der Waals surface area contributed by atoms with Crippen LogP contribution in [0.3, 0.4) is 0 Å². The molecule has 0 bridgehead atoms. The summed E-state index contributed by atoms with van der Waals surface area (Å²) >= 11 is 1.84. The Balaban J connectivity index is 1.91.